The molecule has 0 bridgehead atoms. The highest BCUT2D eigenvalue weighted by molar-refractivity contribution is 5.89. The van der Waals surface area contributed by atoms with Gasteiger partial charge in [0.05, 0.1) is 0 Å². The van der Waals surface area contributed by atoms with Crippen LogP contribution in [0.2, 0.25) is 0 Å². The molecule has 0 fully saturated rings. The zero-order valence-corrected chi connectivity index (χ0v) is 12.5. The van der Waals surface area contributed by atoms with Gasteiger partial charge in [-0.1, -0.05) is 26.7 Å². The Morgan fingerprint density at radius 2 is 2.05 bits per heavy atom. The van der Waals surface area contributed by atoms with Crippen LogP contribution < -0.4 is 10.6 Å². The monoisotopic (exact) mass is 262 g/mol. The predicted molar refractivity (Wildman–Crippen MR) is 82.7 cm³/mol. The SMILES string of the molecule is CCCCC(CC)Nc1ccc(NC(C)=O)c(C)c1. The van der Waals surface area contributed by atoms with Crippen molar-refractivity contribution in [1.82, 2.24) is 0 Å². The van der Waals surface area contributed by atoms with Gasteiger partial charge in [-0.25, -0.2) is 0 Å². The Balaban J connectivity index is 2.68. The maximum Gasteiger partial charge on any atom is 0.221 e. The van der Waals surface area contributed by atoms with E-state index in [1.165, 1.54) is 26.2 Å². The van der Waals surface area contributed by atoms with Gasteiger partial charge >= 0.3 is 0 Å². The topological polar surface area (TPSA) is 41.1 Å². The molecule has 1 atom stereocenters. The maximum absolute atomic E-state index is 11.1. The van der Waals surface area contributed by atoms with E-state index in [-0.39, 0.29) is 5.91 Å². The Morgan fingerprint density at radius 3 is 2.58 bits per heavy atom. The Kier molecular flexibility index (Phi) is 6.40. The first-order chi connectivity index (χ1) is 9.06. The highest BCUT2D eigenvalue weighted by atomic mass is 16.1. The first kappa shape index (κ1) is 15.5. The third-order valence-electron chi connectivity index (χ3n) is 3.31. The van der Waals surface area contributed by atoms with Crippen molar-refractivity contribution in [2.45, 2.75) is 59.4 Å². The van der Waals surface area contributed by atoms with E-state index in [1.807, 2.05) is 19.1 Å². The zero-order chi connectivity index (χ0) is 14.3. The molecule has 0 aliphatic rings. The molecule has 1 amide bonds. The van der Waals surface area contributed by atoms with Crippen LogP contribution in [0.5, 0.6) is 0 Å². The van der Waals surface area contributed by atoms with Crippen molar-refractivity contribution < 1.29 is 4.79 Å². The number of unbranched alkanes of at least 4 members (excludes halogenated alkanes) is 1. The molecule has 1 aromatic carbocycles. The third-order valence-corrected chi connectivity index (χ3v) is 3.31. The number of aryl methyl sites for hydroxylation is 1. The Bertz CT molecular complexity index is 415. The third kappa shape index (κ3) is 5.33. The van der Waals surface area contributed by atoms with Gasteiger partial charge in [-0.2, -0.15) is 0 Å². The van der Waals surface area contributed by atoms with E-state index >= 15 is 0 Å². The molecule has 0 aromatic heterocycles. The molecular formula is C16H26N2O. The fourth-order valence-corrected chi connectivity index (χ4v) is 2.15. The number of benzene rings is 1. The standard InChI is InChI=1S/C16H26N2O/c1-5-7-8-14(6-2)18-15-9-10-16(12(3)11-15)17-13(4)19/h9-11,14,18H,5-8H2,1-4H3,(H,17,19). The van der Waals surface area contributed by atoms with E-state index < -0.39 is 0 Å². The summed E-state index contributed by atoms with van der Waals surface area (Å²) in [5, 5.41) is 6.41. The Morgan fingerprint density at radius 1 is 1.32 bits per heavy atom. The van der Waals surface area contributed by atoms with Gasteiger partial charge in [-0.3, -0.25) is 4.79 Å². The van der Waals surface area contributed by atoms with E-state index in [0.29, 0.717) is 6.04 Å². The average Bonchev–Trinajstić information content (AvgIpc) is 2.37. The summed E-state index contributed by atoms with van der Waals surface area (Å²) >= 11 is 0. The minimum absolute atomic E-state index is 0.0295. The van der Waals surface area contributed by atoms with Gasteiger partial charge < -0.3 is 10.6 Å². The fourth-order valence-electron chi connectivity index (χ4n) is 2.15. The average molecular weight is 262 g/mol. The molecule has 0 aliphatic carbocycles. The molecule has 0 saturated carbocycles. The summed E-state index contributed by atoms with van der Waals surface area (Å²) in [5.74, 6) is -0.0295. The second-order valence-corrected chi connectivity index (χ2v) is 5.10. The van der Waals surface area contributed by atoms with Crippen molar-refractivity contribution in [3.05, 3.63) is 23.8 Å². The molecule has 1 aromatic rings. The van der Waals surface area contributed by atoms with Gasteiger partial charge in [0, 0.05) is 24.3 Å². The van der Waals surface area contributed by atoms with Crippen molar-refractivity contribution >= 4 is 17.3 Å². The van der Waals surface area contributed by atoms with Crippen LogP contribution in [0.1, 0.15) is 52.0 Å². The number of amides is 1. The molecule has 0 spiro atoms. The van der Waals surface area contributed by atoms with Gasteiger partial charge in [0.2, 0.25) is 5.91 Å². The van der Waals surface area contributed by atoms with E-state index in [4.69, 9.17) is 0 Å². The van der Waals surface area contributed by atoms with Gasteiger partial charge in [0.25, 0.3) is 0 Å². The second kappa shape index (κ2) is 7.82. The summed E-state index contributed by atoms with van der Waals surface area (Å²) < 4.78 is 0. The van der Waals surface area contributed by atoms with Crippen molar-refractivity contribution in [3.63, 3.8) is 0 Å². The summed E-state index contributed by atoms with van der Waals surface area (Å²) in [6, 6.07) is 6.63. The summed E-state index contributed by atoms with van der Waals surface area (Å²) in [6.45, 7) is 7.98. The summed E-state index contributed by atoms with van der Waals surface area (Å²) in [6.07, 6.45) is 4.83. The van der Waals surface area contributed by atoms with E-state index in [2.05, 4.69) is 30.5 Å². The molecular weight excluding hydrogens is 236 g/mol. The smallest absolute Gasteiger partial charge is 0.221 e. The molecule has 1 unspecified atom stereocenters. The lowest BCUT2D eigenvalue weighted by Gasteiger charge is -2.19. The lowest BCUT2D eigenvalue weighted by atomic mass is 10.1. The van der Waals surface area contributed by atoms with Crippen molar-refractivity contribution in [1.29, 1.82) is 0 Å². The fraction of sp³-hybridized carbons (Fsp3) is 0.562. The number of carbonyl (C=O) groups is 1. The van der Waals surface area contributed by atoms with E-state index in [1.54, 1.807) is 0 Å². The van der Waals surface area contributed by atoms with Crippen molar-refractivity contribution in [3.8, 4) is 0 Å². The molecule has 0 heterocycles. The highest BCUT2D eigenvalue weighted by Gasteiger charge is 2.07. The second-order valence-electron chi connectivity index (χ2n) is 5.10. The zero-order valence-electron chi connectivity index (χ0n) is 12.5. The summed E-state index contributed by atoms with van der Waals surface area (Å²) in [5.41, 5.74) is 3.11. The highest BCUT2D eigenvalue weighted by Crippen LogP contribution is 2.21. The normalized spacial score (nSPS) is 12.0. The van der Waals surface area contributed by atoms with Crippen LogP contribution in [0.4, 0.5) is 11.4 Å². The quantitative estimate of drug-likeness (QED) is 0.767. The molecule has 106 valence electrons. The van der Waals surface area contributed by atoms with Crippen LogP contribution in [-0.2, 0) is 4.79 Å². The maximum atomic E-state index is 11.1. The number of hydrogen-bond donors (Lipinski definition) is 2. The molecule has 19 heavy (non-hydrogen) atoms. The minimum atomic E-state index is -0.0295. The van der Waals surface area contributed by atoms with Crippen LogP contribution in [0.3, 0.4) is 0 Å². The minimum Gasteiger partial charge on any atom is -0.382 e. The largest absolute Gasteiger partial charge is 0.382 e. The van der Waals surface area contributed by atoms with Crippen LogP contribution >= 0.6 is 0 Å². The molecule has 0 saturated heterocycles. The number of carbonyl (C=O) groups excluding carboxylic acids is 1. The molecule has 3 heteroatoms. The molecule has 1 rings (SSSR count). The first-order valence-electron chi connectivity index (χ1n) is 7.21. The van der Waals surface area contributed by atoms with E-state index in [9.17, 15) is 4.79 Å². The van der Waals surface area contributed by atoms with Crippen LogP contribution in [0.25, 0.3) is 0 Å². The van der Waals surface area contributed by atoms with Crippen LogP contribution in [-0.4, -0.2) is 11.9 Å². The molecule has 0 aliphatic heterocycles. The predicted octanol–water partition coefficient (Wildman–Crippen LogP) is 4.33. The number of nitrogens with one attached hydrogen (secondary N) is 2. The van der Waals surface area contributed by atoms with Crippen LogP contribution in [0.15, 0.2) is 18.2 Å². The lowest BCUT2D eigenvalue weighted by molar-refractivity contribution is -0.114. The molecule has 0 radical (unpaired) electrons. The lowest BCUT2D eigenvalue weighted by Crippen LogP contribution is -2.18. The number of anilines is 2. The number of rotatable bonds is 7. The molecule has 2 N–H and O–H groups in total. The Labute approximate surface area is 116 Å². The molecule has 3 nitrogen and oxygen atoms in total. The summed E-state index contributed by atoms with van der Waals surface area (Å²) in [7, 11) is 0. The summed E-state index contributed by atoms with van der Waals surface area (Å²) in [4.78, 5) is 11.1. The van der Waals surface area contributed by atoms with Gasteiger partial charge in [0.15, 0.2) is 0 Å². The van der Waals surface area contributed by atoms with Gasteiger partial charge in [0.1, 0.15) is 0 Å². The van der Waals surface area contributed by atoms with Crippen molar-refractivity contribution in [2.24, 2.45) is 0 Å². The van der Waals surface area contributed by atoms with Gasteiger partial charge in [-0.05, 0) is 43.5 Å². The van der Waals surface area contributed by atoms with Crippen molar-refractivity contribution in [2.75, 3.05) is 10.6 Å². The van der Waals surface area contributed by atoms with Gasteiger partial charge in [-0.15, -0.1) is 0 Å². The van der Waals surface area contributed by atoms with E-state index in [0.717, 1.165) is 23.4 Å². The first-order valence-corrected chi connectivity index (χ1v) is 7.21. The van der Waals surface area contributed by atoms with Crippen LogP contribution in [0, 0.1) is 6.92 Å². The number of hydrogen-bond acceptors (Lipinski definition) is 2. The Hall–Kier alpha value is -1.51.